The van der Waals surface area contributed by atoms with Gasteiger partial charge in [-0.05, 0) is 35.9 Å². The molecule has 9 heteroatoms. The molecule has 0 saturated carbocycles. The predicted octanol–water partition coefficient (Wildman–Crippen LogP) is 4.89. The number of alkyl halides is 3. The minimum Gasteiger partial charge on any atom is -0.478 e. The highest BCUT2D eigenvalue weighted by molar-refractivity contribution is 6.31. The topological polar surface area (TPSA) is 80.4 Å². The van der Waals surface area contributed by atoms with Crippen LogP contribution in [0.2, 0.25) is 5.02 Å². The van der Waals surface area contributed by atoms with Crippen LogP contribution >= 0.6 is 11.6 Å². The Kier molecular flexibility index (Phi) is 5.13. The van der Waals surface area contributed by atoms with Gasteiger partial charge in [0.05, 0.1) is 21.6 Å². The number of nitro groups is 1. The van der Waals surface area contributed by atoms with Gasteiger partial charge in [-0.2, -0.15) is 13.2 Å². The third-order valence-electron chi connectivity index (χ3n) is 3.23. The largest absolute Gasteiger partial charge is 0.478 e. The van der Waals surface area contributed by atoms with Gasteiger partial charge in [-0.25, -0.2) is 4.79 Å². The number of rotatable bonds is 4. The molecule has 0 unspecified atom stereocenters. The summed E-state index contributed by atoms with van der Waals surface area (Å²) in [6.45, 7) is 0. The maximum atomic E-state index is 12.6. The number of nitro benzene ring substituents is 1. The molecular formula is C16H9ClF3NO4. The number of nitrogens with zero attached hydrogens (tertiary/aromatic N) is 1. The summed E-state index contributed by atoms with van der Waals surface area (Å²) in [5.74, 6) is -1.47. The Hall–Kier alpha value is -2.87. The van der Waals surface area contributed by atoms with Gasteiger partial charge in [0.25, 0.3) is 5.69 Å². The lowest BCUT2D eigenvalue weighted by atomic mass is 10.0. The Morgan fingerprint density at radius 3 is 2.24 bits per heavy atom. The van der Waals surface area contributed by atoms with E-state index < -0.39 is 33.9 Å². The van der Waals surface area contributed by atoms with E-state index >= 15 is 0 Å². The highest BCUT2D eigenvalue weighted by atomic mass is 35.5. The van der Waals surface area contributed by atoms with Gasteiger partial charge in [0.1, 0.15) is 0 Å². The minimum atomic E-state index is -4.52. The van der Waals surface area contributed by atoms with Crippen LogP contribution in [0.15, 0.2) is 42.5 Å². The highest BCUT2D eigenvalue weighted by Gasteiger charge is 2.30. The number of halogens is 4. The van der Waals surface area contributed by atoms with Crippen molar-refractivity contribution in [2.75, 3.05) is 0 Å². The van der Waals surface area contributed by atoms with E-state index in [1.54, 1.807) is 0 Å². The lowest BCUT2D eigenvalue weighted by molar-refractivity contribution is -0.385. The number of benzene rings is 2. The Labute approximate surface area is 144 Å². The third kappa shape index (κ3) is 4.36. The second kappa shape index (κ2) is 6.94. The average Bonchev–Trinajstić information content (AvgIpc) is 2.52. The zero-order chi connectivity index (χ0) is 18.8. The standard InChI is InChI=1S/C16H9ClF3NO4/c17-11-5-6-12(14(8-11)21(24)25)13(15(22)23)7-9-1-3-10(4-2-9)16(18,19)20/h1-8H,(H,22,23)/b13-7-. The molecule has 0 fully saturated rings. The van der Waals surface area contributed by atoms with E-state index in [4.69, 9.17) is 11.6 Å². The van der Waals surface area contributed by atoms with E-state index in [0.717, 1.165) is 36.4 Å². The van der Waals surface area contributed by atoms with Crippen molar-refractivity contribution >= 4 is 34.9 Å². The summed E-state index contributed by atoms with van der Waals surface area (Å²) in [5, 5.41) is 20.5. The zero-order valence-corrected chi connectivity index (χ0v) is 13.0. The summed E-state index contributed by atoms with van der Waals surface area (Å²) in [6, 6.07) is 7.20. The lowest BCUT2D eigenvalue weighted by Gasteiger charge is -2.07. The van der Waals surface area contributed by atoms with Crippen molar-refractivity contribution in [3.05, 3.63) is 74.3 Å². The van der Waals surface area contributed by atoms with Crippen LogP contribution in [0.4, 0.5) is 18.9 Å². The van der Waals surface area contributed by atoms with Gasteiger partial charge >= 0.3 is 12.1 Å². The maximum Gasteiger partial charge on any atom is 0.416 e. The molecule has 130 valence electrons. The Balaban J connectivity index is 2.54. The number of hydrogen-bond acceptors (Lipinski definition) is 3. The molecule has 1 N–H and O–H groups in total. The van der Waals surface area contributed by atoms with E-state index in [1.165, 1.54) is 12.1 Å². The first-order valence-corrected chi connectivity index (χ1v) is 7.04. The first-order valence-electron chi connectivity index (χ1n) is 6.66. The molecule has 0 aromatic heterocycles. The van der Waals surface area contributed by atoms with E-state index in [2.05, 4.69) is 0 Å². The summed E-state index contributed by atoms with van der Waals surface area (Å²) < 4.78 is 37.7. The number of carboxylic acids is 1. The maximum absolute atomic E-state index is 12.6. The molecule has 0 aliphatic heterocycles. The molecule has 0 heterocycles. The molecule has 0 aliphatic carbocycles. The normalized spacial score (nSPS) is 12.1. The molecule has 0 bridgehead atoms. The summed E-state index contributed by atoms with van der Waals surface area (Å²) >= 11 is 5.69. The first kappa shape index (κ1) is 18.5. The molecule has 0 spiro atoms. The third-order valence-corrected chi connectivity index (χ3v) is 3.46. The number of aliphatic carboxylic acids is 1. The van der Waals surface area contributed by atoms with E-state index in [9.17, 15) is 33.2 Å². The Morgan fingerprint density at radius 1 is 1.16 bits per heavy atom. The number of carbonyl (C=O) groups is 1. The quantitative estimate of drug-likeness (QED) is 0.359. The SMILES string of the molecule is O=C(O)/C(=C\c1ccc(C(F)(F)F)cc1)c1ccc(Cl)cc1[N+](=O)[O-]. The Morgan fingerprint density at radius 2 is 1.76 bits per heavy atom. The molecule has 2 aromatic carbocycles. The molecule has 2 aromatic rings. The van der Waals surface area contributed by atoms with Gasteiger partial charge in [0.15, 0.2) is 0 Å². The van der Waals surface area contributed by atoms with Crippen LogP contribution in [-0.2, 0) is 11.0 Å². The van der Waals surface area contributed by atoms with Crippen molar-refractivity contribution in [1.82, 2.24) is 0 Å². The van der Waals surface area contributed by atoms with Gasteiger partial charge in [0.2, 0.25) is 0 Å². The number of hydrogen-bond donors (Lipinski definition) is 1. The van der Waals surface area contributed by atoms with E-state index in [1.807, 2.05) is 0 Å². The van der Waals surface area contributed by atoms with Crippen LogP contribution in [0.3, 0.4) is 0 Å². The fourth-order valence-electron chi connectivity index (χ4n) is 2.07. The second-order valence-corrected chi connectivity index (χ2v) is 5.34. The minimum absolute atomic E-state index is 0.0507. The van der Waals surface area contributed by atoms with Gasteiger partial charge in [-0.1, -0.05) is 23.7 Å². The van der Waals surface area contributed by atoms with Crippen LogP contribution in [0.25, 0.3) is 11.6 Å². The van der Waals surface area contributed by atoms with Crippen molar-refractivity contribution in [3.63, 3.8) is 0 Å². The van der Waals surface area contributed by atoms with Crippen molar-refractivity contribution in [3.8, 4) is 0 Å². The van der Waals surface area contributed by atoms with Gasteiger partial charge in [-0.3, -0.25) is 10.1 Å². The molecule has 2 rings (SSSR count). The van der Waals surface area contributed by atoms with Crippen LogP contribution < -0.4 is 0 Å². The monoisotopic (exact) mass is 371 g/mol. The highest BCUT2D eigenvalue weighted by Crippen LogP contribution is 2.32. The van der Waals surface area contributed by atoms with Gasteiger partial charge in [0, 0.05) is 11.1 Å². The van der Waals surface area contributed by atoms with Gasteiger partial charge < -0.3 is 5.11 Å². The van der Waals surface area contributed by atoms with Crippen molar-refractivity contribution < 1.29 is 28.0 Å². The zero-order valence-electron chi connectivity index (χ0n) is 12.2. The summed E-state index contributed by atoms with van der Waals surface area (Å²) in [5.41, 5.74) is -1.91. The molecule has 0 aliphatic rings. The van der Waals surface area contributed by atoms with Crippen LogP contribution in [0.5, 0.6) is 0 Å². The second-order valence-electron chi connectivity index (χ2n) is 4.90. The lowest BCUT2D eigenvalue weighted by Crippen LogP contribution is -2.05. The average molecular weight is 372 g/mol. The van der Waals surface area contributed by atoms with Gasteiger partial charge in [-0.15, -0.1) is 0 Å². The van der Waals surface area contributed by atoms with Crippen molar-refractivity contribution in [2.45, 2.75) is 6.18 Å². The molecule has 0 amide bonds. The fraction of sp³-hybridized carbons (Fsp3) is 0.0625. The summed E-state index contributed by atoms with van der Waals surface area (Å²) in [7, 11) is 0. The first-order chi connectivity index (χ1) is 11.6. The van der Waals surface area contributed by atoms with Crippen LogP contribution in [-0.4, -0.2) is 16.0 Å². The van der Waals surface area contributed by atoms with Crippen LogP contribution in [0, 0.1) is 10.1 Å². The molecule has 0 atom stereocenters. The number of carboxylic acid groups (broad SMARTS) is 1. The fourth-order valence-corrected chi connectivity index (χ4v) is 2.24. The van der Waals surface area contributed by atoms with Crippen LogP contribution in [0.1, 0.15) is 16.7 Å². The molecule has 25 heavy (non-hydrogen) atoms. The van der Waals surface area contributed by atoms with E-state index in [-0.39, 0.29) is 16.1 Å². The summed E-state index contributed by atoms with van der Waals surface area (Å²) in [4.78, 5) is 21.8. The summed E-state index contributed by atoms with van der Waals surface area (Å²) in [6.07, 6.45) is -3.47. The molecule has 0 saturated heterocycles. The molecular weight excluding hydrogens is 363 g/mol. The van der Waals surface area contributed by atoms with Crippen molar-refractivity contribution in [1.29, 1.82) is 0 Å². The van der Waals surface area contributed by atoms with Crippen molar-refractivity contribution in [2.24, 2.45) is 0 Å². The molecule has 5 nitrogen and oxygen atoms in total. The predicted molar refractivity (Wildman–Crippen MR) is 85.1 cm³/mol. The molecule has 0 radical (unpaired) electrons. The smallest absolute Gasteiger partial charge is 0.416 e. The Bertz CT molecular complexity index is 861. The van der Waals surface area contributed by atoms with E-state index in [0.29, 0.717) is 0 Å².